The Hall–Kier alpha value is -3.32. The van der Waals surface area contributed by atoms with Crippen LogP contribution in [0.5, 0.6) is 5.75 Å². The van der Waals surface area contributed by atoms with E-state index in [1.807, 2.05) is 13.0 Å². The summed E-state index contributed by atoms with van der Waals surface area (Å²) in [6, 6.07) is 7.19. The smallest absolute Gasteiger partial charge is 0.280 e. The summed E-state index contributed by atoms with van der Waals surface area (Å²) in [6.45, 7) is 1.09. The normalized spacial score (nSPS) is 23.2. The second-order valence-electron chi connectivity index (χ2n) is 7.12. The number of carbonyl (C=O) groups excluding carboxylic acids is 1. The Bertz CT molecular complexity index is 1160. The Morgan fingerprint density at radius 1 is 1.35 bits per heavy atom. The summed E-state index contributed by atoms with van der Waals surface area (Å²) in [5, 5.41) is 31.9. The number of nitrogens with one attached hydrogen (secondary N) is 2. The number of nitrogens with zero attached hydrogens (tertiary/aromatic N) is 3. The van der Waals surface area contributed by atoms with Crippen molar-refractivity contribution in [1.82, 2.24) is 19.5 Å². The van der Waals surface area contributed by atoms with Gasteiger partial charge in [0, 0.05) is 0 Å². The maximum absolute atomic E-state index is 12.3. The molecule has 1 fully saturated rings. The van der Waals surface area contributed by atoms with Crippen LogP contribution in [-0.2, 0) is 9.53 Å². The molecular formula is C19H21N5O7. The summed E-state index contributed by atoms with van der Waals surface area (Å²) in [5.74, 6) is -0.179. The minimum Gasteiger partial charge on any atom is -0.484 e. The first-order valence-corrected chi connectivity index (χ1v) is 9.46. The van der Waals surface area contributed by atoms with E-state index in [2.05, 4.69) is 20.3 Å². The molecule has 0 unspecified atom stereocenters. The molecule has 12 heteroatoms. The van der Waals surface area contributed by atoms with E-state index in [0.717, 1.165) is 5.56 Å². The van der Waals surface area contributed by atoms with Crippen LogP contribution in [0.25, 0.3) is 11.2 Å². The molecule has 3 aromatic rings. The first kappa shape index (κ1) is 20.9. The van der Waals surface area contributed by atoms with Gasteiger partial charge in [-0.2, -0.15) is 4.98 Å². The number of benzene rings is 1. The lowest BCUT2D eigenvalue weighted by Crippen LogP contribution is -2.33. The zero-order valence-corrected chi connectivity index (χ0v) is 16.4. The van der Waals surface area contributed by atoms with Crippen LogP contribution >= 0.6 is 0 Å². The third kappa shape index (κ3) is 4.14. The molecule has 5 N–H and O–H groups in total. The monoisotopic (exact) mass is 431 g/mol. The van der Waals surface area contributed by atoms with Crippen LogP contribution in [0.3, 0.4) is 0 Å². The molecule has 2 aromatic heterocycles. The Morgan fingerprint density at radius 3 is 2.87 bits per heavy atom. The molecule has 1 aromatic carbocycles. The second kappa shape index (κ2) is 8.43. The molecule has 31 heavy (non-hydrogen) atoms. The number of imidazole rings is 1. The van der Waals surface area contributed by atoms with Crippen molar-refractivity contribution in [2.45, 2.75) is 31.5 Å². The number of amides is 1. The van der Waals surface area contributed by atoms with Gasteiger partial charge in [0.2, 0.25) is 5.95 Å². The number of aliphatic hydroxyl groups excluding tert-OH is 3. The number of carbonyl (C=O) groups is 1. The van der Waals surface area contributed by atoms with Crippen molar-refractivity contribution in [3.8, 4) is 5.75 Å². The molecule has 0 radical (unpaired) electrons. The van der Waals surface area contributed by atoms with Gasteiger partial charge in [-0.1, -0.05) is 12.1 Å². The molecule has 0 bridgehead atoms. The highest BCUT2D eigenvalue weighted by molar-refractivity contribution is 5.90. The molecule has 1 amide bonds. The number of aromatic nitrogens is 4. The van der Waals surface area contributed by atoms with Crippen molar-refractivity contribution in [1.29, 1.82) is 0 Å². The largest absolute Gasteiger partial charge is 0.484 e. The van der Waals surface area contributed by atoms with E-state index in [9.17, 15) is 24.9 Å². The van der Waals surface area contributed by atoms with Crippen molar-refractivity contribution in [3.63, 3.8) is 0 Å². The van der Waals surface area contributed by atoms with Crippen molar-refractivity contribution in [2.24, 2.45) is 0 Å². The molecule has 3 heterocycles. The van der Waals surface area contributed by atoms with Crippen molar-refractivity contribution in [3.05, 3.63) is 46.5 Å². The minimum atomic E-state index is -1.38. The quantitative estimate of drug-likeness (QED) is 0.330. The fourth-order valence-corrected chi connectivity index (χ4v) is 3.30. The summed E-state index contributed by atoms with van der Waals surface area (Å²) in [6.07, 6.45) is -3.61. The third-order valence-electron chi connectivity index (χ3n) is 4.84. The SMILES string of the molecule is Cc1cccc(OCC(=O)Nc2nc3c(ncn3[C@H]3O[C@@H](CO)[C@@H](O)[C@@H]3O)c(=O)[nH]2)c1. The van der Waals surface area contributed by atoms with Crippen molar-refractivity contribution < 1.29 is 29.6 Å². The number of aryl methyl sites for hydroxylation is 1. The molecule has 0 saturated carbocycles. The number of H-pyrrole nitrogens is 1. The van der Waals surface area contributed by atoms with Gasteiger partial charge in [0.15, 0.2) is 24.0 Å². The van der Waals surface area contributed by atoms with E-state index < -0.39 is 42.6 Å². The average Bonchev–Trinajstić information content (AvgIpc) is 3.28. The fourth-order valence-electron chi connectivity index (χ4n) is 3.30. The van der Waals surface area contributed by atoms with Gasteiger partial charge in [-0.3, -0.25) is 24.5 Å². The number of hydrogen-bond donors (Lipinski definition) is 5. The first-order valence-electron chi connectivity index (χ1n) is 9.46. The summed E-state index contributed by atoms with van der Waals surface area (Å²) in [5.41, 5.74) is 0.332. The summed E-state index contributed by atoms with van der Waals surface area (Å²) >= 11 is 0. The predicted octanol–water partition coefficient (Wildman–Crippen LogP) is -0.943. The Morgan fingerprint density at radius 2 is 2.16 bits per heavy atom. The highest BCUT2D eigenvalue weighted by atomic mass is 16.6. The van der Waals surface area contributed by atoms with Gasteiger partial charge in [-0.05, 0) is 24.6 Å². The lowest BCUT2D eigenvalue weighted by atomic mass is 10.1. The highest BCUT2D eigenvalue weighted by Gasteiger charge is 2.44. The summed E-state index contributed by atoms with van der Waals surface area (Å²) in [7, 11) is 0. The van der Waals surface area contributed by atoms with Gasteiger partial charge in [0.1, 0.15) is 24.1 Å². The molecular weight excluding hydrogens is 410 g/mol. The number of rotatable bonds is 6. The van der Waals surface area contributed by atoms with Crippen LogP contribution < -0.4 is 15.6 Å². The number of ether oxygens (including phenoxy) is 2. The molecule has 4 atom stereocenters. The van der Waals surface area contributed by atoms with Gasteiger partial charge in [0.05, 0.1) is 12.9 Å². The lowest BCUT2D eigenvalue weighted by Gasteiger charge is -2.16. The lowest BCUT2D eigenvalue weighted by molar-refractivity contribution is -0.118. The first-order chi connectivity index (χ1) is 14.9. The maximum atomic E-state index is 12.3. The number of hydrogen-bond acceptors (Lipinski definition) is 9. The summed E-state index contributed by atoms with van der Waals surface area (Å²) < 4.78 is 12.1. The van der Waals surface area contributed by atoms with Crippen LogP contribution in [0.4, 0.5) is 5.95 Å². The molecule has 164 valence electrons. The van der Waals surface area contributed by atoms with Gasteiger partial charge < -0.3 is 24.8 Å². The number of fused-ring (bicyclic) bond motifs is 1. The fraction of sp³-hybridized carbons (Fsp3) is 0.368. The van der Waals surface area contributed by atoms with Crippen molar-refractivity contribution >= 4 is 23.0 Å². The minimum absolute atomic E-state index is 0.0218. The molecule has 1 aliphatic rings. The Kier molecular flexibility index (Phi) is 5.69. The van der Waals surface area contributed by atoms with E-state index in [-0.39, 0.29) is 23.7 Å². The number of aromatic amines is 1. The zero-order chi connectivity index (χ0) is 22.1. The summed E-state index contributed by atoms with van der Waals surface area (Å²) in [4.78, 5) is 35.1. The standard InChI is InChI=1S/C19H21N5O7/c1-9-3-2-4-10(5-9)30-7-12(26)21-19-22-16-13(17(29)23-19)20-8-24(16)18-15(28)14(27)11(6-25)31-18/h2-5,8,11,14-15,18,25,27-28H,6-7H2,1H3,(H2,21,22,23,26,29)/t11-,14+,15-,18-/m0/s1. The molecule has 4 rings (SSSR count). The molecule has 0 aliphatic carbocycles. The number of aliphatic hydroxyl groups is 3. The van der Waals surface area contributed by atoms with E-state index in [0.29, 0.717) is 5.75 Å². The van der Waals surface area contributed by atoms with Crippen LogP contribution in [-0.4, -0.2) is 72.3 Å². The van der Waals surface area contributed by atoms with Crippen LogP contribution in [0.2, 0.25) is 0 Å². The van der Waals surface area contributed by atoms with Gasteiger partial charge in [0.25, 0.3) is 11.5 Å². The number of anilines is 1. The van der Waals surface area contributed by atoms with E-state index in [1.54, 1.807) is 18.2 Å². The van der Waals surface area contributed by atoms with E-state index >= 15 is 0 Å². The second-order valence-corrected chi connectivity index (χ2v) is 7.12. The molecule has 12 nitrogen and oxygen atoms in total. The van der Waals surface area contributed by atoms with Gasteiger partial charge >= 0.3 is 0 Å². The van der Waals surface area contributed by atoms with Crippen LogP contribution in [0.15, 0.2) is 35.4 Å². The molecule has 0 spiro atoms. The van der Waals surface area contributed by atoms with Gasteiger partial charge in [-0.15, -0.1) is 0 Å². The average molecular weight is 431 g/mol. The topological polar surface area (TPSA) is 172 Å². The van der Waals surface area contributed by atoms with Crippen LogP contribution in [0.1, 0.15) is 11.8 Å². The Balaban J connectivity index is 1.54. The van der Waals surface area contributed by atoms with E-state index in [4.69, 9.17) is 9.47 Å². The zero-order valence-electron chi connectivity index (χ0n) is 16.4. The highest BCUT2D eigenvalue weighted by Crippen LogP contribution is 2.30. The van der Waals surface area contributed by atoms with E-state index in [1.165, 1.54) is 10.9 Å². The maximum Gasteiger partial charge on any atom is 0.280 e. The molecule has 1 saturated heterocycles. The third-order valence-corrected chi connectivity index (χ3v) is 4.84. The van der Waals surface area contributed by atoms with Crippen LogP contribution in [0, 0.1) is 6.92 Å². The van der Waals surface area contributed by atoms with Crippen molar-refractivity contribution in [2.75, 3.05) is 18.5 Å². The predicted molar refractivity (Wildman–Crippen MR) is 106 cm³/mol. The Labute approximate surface area is 175 Å². The van der Waals surface area contributed by atoms with Gasteiger partial charge in [-0.25, -0.2) is 4.98 Å². The molecule has 1 aliphatic heterocycles.